The molecule has 0 amide bonds. The minimum atomic E-state index is -4.24. The van der Waals surface area contributed by atoms with E-state index in [2.05, 4.69) is 4.72 Å². The quantitative estimate of drug-likeness (QED) is 0.530. The predicted octanol–water partition coefficient (Wildman–Crippen LogP) is 4.88. The number of sulfonamides is 2. The van der Waals surface area contributed by atoms with Crippen molar-refractivity contribution >= 4 is 20.0 Å². The average molecular weight is 532 g/mol. The number of alkyl halides is 2. The number of primary sulfonamides is 1. The number of hydrogen-bond donors (Lipinski definition) is 2. The highest BCUT2D eigenvalue weighted by molar-refractivity contribution is 7.89. The molecule has 1 saturated carbocycles. The highest BCUT2D eigenvalue weighted by Crippen LogP contribution is 2.38. The fourth-order valence-electron chi connectivity index (χ4n) is 4.74. The minimum absolute atomic E-state index is 0.0702. The lowest BCUT2D eigenvalue weighted by Gasteiger charge is -2.25. The van der Waals surface area contributed by atoms with Crippen LogP contribution in [-0.2, 0) is 32.5 Å². The number of nitrogens with one attached hydrogen (secondary N) is 1. The molecule has 1 aromatic heterocycles. The van der Waals surface area contributed by atoms with Crippen LogP contribution in [0.2, 0.25) is 0 Å². The third-order valence-electron chi connectivity index (χ3n) is 6.27. The van der Waals surface area contributed by atoms with Crippen molar-refractivity contribution in [3.05, 3.63) is 35.5 Å². The van der Waals surface area contributed by atoms with E-state index in [1.54, 1.807) is 27.7 Å². The summed E-state index contributed by atoms with van der Waals surface area (Å²) >= 11 is 0. The smallest absolute Gasteiger partial charge is 0.271 e. The van der Waals surface area contributed by atoms with Crippen LogP contribution in [0.3, 0.4) is 0 Å². The molecule has 7 nitrogen and oxygen atoms in total. The van der Waals surface area contributed by atoms with Crippen LogP contribution in [0.5, 0.6) is 0 Å². The molecule has 1 fully saturated rings. The third-order valence-corrected chi connectivity index (χ3v) is 9.11. The highest BCUT2D eigenvalue weighted by atomic mass is 32.2. The molecular weight excluding hydrogens is 496 g/mol. The van der Waals surface area contributed by atoms with Gasteiger partial charge in [0.2, 0.25) is 20.0 Å². The van der Waals surface area contributed by atoms with Gasteiger partial charge in [0.25, 0.3) is 5.92 Å². The van der Waals surface area contributed by atoms with Gasteiger partial charge in [-0.3, -0.25) is 0 Å². The summed E-state index contributed by atoms with van der Waals surface area (Å²) < 4.78 is 84.0. The van der Waals surface area contributed by atoms with Gasteiger partial charge in [-0.25, -0.2) is 35.5 Å². The van der Waals surface area contributed by atoms with Crippen molar-refractivity contribution in [2.24, 2.45) is 11.1 Å². The van der Waals surface area contributed by atoms with Gasteiger partial charge in [-0.15, -0.1) is 0 Å². The summed E-state index contributed by atoms with van der Waals surface area (Å²) in [7, 11) is -8.29. The Morgan fingerprint density at radius 2 is 1.60 bits per heavy atom. The van der Waals surface area contributed by atoms with Gasteiger partial charge in [0.1, 0.15) is 4.90 Å². The lowest BCUT2D eigenvalue weighted by molar-refractivity contribution is 0.0144. The largest absolute Gasteiger partial charge is 0.343 e. The molecule has 0 atom stereocenters. The van der Waals surface area contributed by atoms with Crippen LogP contribution in [0, 0.1) is 12.8 Å². The van der Waals surface area contributed by atoms with Crippen LogP contribution in [0.15, 0.2) is 34.1 Å². The summed E-state index contributed by atoms with van der Waals surface area (Å²) in [4.78, 5) is -0.586. The van der Waals surface area contributed by atoms with E-state index in [-0.39, 0.29) is 4.90 Å². The summed E-state index contributed by atoms with van der Waals surface area (Å²) in [6.07, 6.45) is 5.32. The summed E-state index contributed by atoms with van der Waals surface area (Å²) in [6, 6.07) is 5.11. The summed E-state index contributed by atoms with van der Waals surface area (Å²) in [5.41, 5.74) is -0.384. The van der Waals surface area contributed by atoms with E-state index in [9.17, 15) is 25.6 Å². The van der Waals surface area contributed by atoms with E-state index >= 15 is 0 Å². The fourth-order valence-corrected chi connectivity index (χ4v) is 7.22. The van der Waals surface area contributed by atoms with Crippen molar-refractivity contribution < 1.29 is 25.6 Å². The first-order valence-electron chi connectivity index (χ1n) is 11.7. The topological polar surface area (TPSA) is 111 Å². The molecule has 0 aliphatic heterocycles. The number of hydrogen-bond acceptors (Lipinski definition) is 4. The van der Waals surface area contributed by atoms with E-state index in [0.29, 0.717) is 36.3 Å². The monoisotopic (exact) mass is 531 g/mol. The minimum Gasteiger partial charge on any atom is -0.343 e. The number of rotatable bonds is 7. The number of benzene rings is 1. The van der Waals surface area contributed by atoms with E-state index in [4.69, 9.17) is 5.14 Å². The Bertz CT molecular complexity index is 1300. The second-order valence-corrected chi connectivity index (χ2v) is 13.8. The second kappa shape index (κ2) is 9.57. The highest BCUT2D eigenvalue weighted by Gasteiger charge is 2.35. The summed E-state index contributed by atoms with van der Waals surface area (Å²) in [6.45, 7) is 7.69. The Morgan fingerprint density at radius 1 is 1.00 bits per heavy atom. The molecule has 35 heavy (non-hydrogen) atoms. The van der Waals surface area contributed by atoms with Crippen LogP contribution in [-0.4, -0.2) is 26.9 Å². The van der Waals surface area contributed by atoms with Gasteiger partial charge >= 0.3 is 0 Å². The maximum Gasteiger partial charge on any atom is 0.271 e. The molecule has 3 N–H and O–H groups in total. The number of nitrogens with two attached hydrogens (primary N) is 1. The Hall–Kier alpha value is -1.82. The lowest BCUT2D eigenvalue weighted by atomic mass is 9.89. The van der Waals surface area contributed by atoms with Crippen molar-refractivity contribution in [3.63, 3.8) is 0 Å². The van der Waals surface area contributed by atoms with Gasteiger partial charge in [-0.2, -0.15) is 0 Å². The Kier molecular flexibility index (Phi) is 7.59. The zero-order valence-electron chi connectivity index (χ0n) is 20.9. The van der Waals surface area contributed by atoms with E-state index in [1.807, 2.05) is 4.57 Å². The molecule has 196 valence electrons. The molecule has 1 heterocycles. The molecule has 0 spiro atoms. The summed E-state index contributed by atoms with van der Waals surface area (Å²) in [5, 5.41) is 5.44. The van der Waals surface area contributed by atoms with Crippen LogP contribution in [0.1, 0.15) is 71.1 Å². The molecular formula is C24H35F2N3O4S2. The van der Waals surface area contributed by atoms with Crippen LogP contribution in [0.4, 0.5) is 8.78 Å². The number of aromatic nitrogens is 1. The van der Waals surface area contributed by atoms with Gasteiger partial charge in [0, 0.05) is 36.0 Å². The SMILES string of the molecule is Cc1c(S(N)(=O)=O)cc(-c2ccc(S(=O)(=O)NC(C)(C)C)c(C(C)(F)F)c2)n1CC1CCCCC1. The zero-order valence-corrected chi connectivity index (χ0v) is 22.5. The Balaban J connectivity index is 2.20. The van der Waals surface area contributed by atoms with Gasteiger partial charge in [-0.05, 0) is 70.2 Å². The Morgan fingerprint density at radius 3 is 2.11 bits per heavy atom. The molecule has 1 aromatic carbocycles. The molecule has 0 radical (unpaired) electrons. The summed E-state index contributed by atoms with van der Waals surface area (Å²) in [5.74, 6) is -3.14. The first-order chi connectivity index (χ1) is 15.9. The number of halogens is 2. The van der Waals surface area contributed by atoms with Crippen LogP contribution in [0.25, 0.3) is 11.3 Å². The van der Waals surface area contributed by atoms with Crippen molar-refractivity contribution in [3.8, 4) is 11.3 Å². The molecule has 1 aliphatic rings. The van der Waals surface area contributed by atoms with Gasteiger partial charge in [0.05, 0.1) is 4.90 Å². The van der Waals surface area contributed by atoms with E-state index < -0.39 is 42.0 Å². The molecule has 1 aliphatic carbocycles. The normalized spacial score (nSPS) is 16.6. The van der Waals surface area contributed by atoms with Gasteiger partial charge in [0.15, 0.2) is 0 Å². The van der Waals surface area contributed by atoms with Gasteiger partial charge in [-0.1, -0.05) is 25.3 Å². The predicted molar refractivity (Wildman–Crippen MR) is 132 cm³/mol. The molecule has 3 rings (SSSR count). The molecule has 2 aromatic rings. The lowest BCUT2D eigenvalue weighted by Crippen LogP contribution is -2.41. The molecule has 0 bridgehead atoms. The van der Waals surface area contributed by atoms with Gasteiger partial charge < -0.3 is 4.57 Å². The van der Waals surface area contributed by atoms with E-state index in [0.717, 1.165) is 44.2 Å². The first-order valence-corrected chi connectivity index (χ1v) is 14.7. The van der Waals surface area contributed by atoms with Crippen LogP contribution >= 0.6 is 0 Å². The molecule has 11 heteroatoms. The maximum absolute atomic E-state index is 14.7. The average Bonchev–Trinajstić information content (AvgIpc) is 3.02. The van der Waals surface area contributed by atoms with Crippen molar-refractivity contribution in [1.82, 2.24) is 9.29 Å². The van der Waals surface area contributed by atoms with Crippen molar-refractivity contribution in [2.45, 2.75) is 94.5 Å². The number of nitrogens with zero attached hydrogens (tertiary/aromatic N) is 1. The molecule has 0 saturated heterocycles. The van der Waals surface area contributed by atoms with Crippen LogP contribution < -0.4 is 9.86 Å². The fraction of sp³-hybridized carbons (Fsp3) is 0.583. The second-order valence-electron chi connectivity index (χ2n) is 10.6. The third kappa shape index (κ3) is 6.49. The first kappa shape index (κ1) is 27.8. The van der Waals surface area contributed by atoms with Crippen molar-refractivity contribution in [2.75, 3.05) is 0 Å². The van der Waals surface area contributed by atoms with Crippen molar-refractivity contribution in [1.29, 1.82) is 0 Å². The molecule has 0 unspecified atom stereocenters. The Labute approximate surface area is 207 Å². The zero-order chi connectivity index (χ0) is 26.4. The standard InChI is InChI=1S/C24H35F2N3O4S2/c1-16-22(34(27,30)31)14-20(29(16)15-17-9-7-6-8-10-17)18-11-12-21(19(13-18)24(5,25)26)35(32,33)28-23(2,3)4/h11-14,17,28H,6-10,15H2,1-5H3,(H2,27,30,31). The maximum atomic E-state index is 14.7. The van der Waals surface area contributed by atoms with E-state index in [1.165, 1.54) is 12.1 Å².